The average Bonchev–Trinajstić information content (AvgIpc) is 2.77. The quantitative estimate of drug-likeness (QED) is 0.483. The third-order valence-electron chi connectivity index (χ3n) is 2.68. The summed E-state index contributed by atoms with van der Waals surface area (Å²) in [6.07, 6.45) is 8.63. The lowest BCUT2D eigenvalue weighted by molar-refractivity contribution is 0.0528. The molecule has 0 N–H and O–H groups in total. The minimum Gasteiger partial charge on any atom is -0.414 e. The molecule has 0 amide bonds. The van der Waals surface area contributed by atoms with Gasteiger partial charge >= 0.3 is 0 Å². The van der Waals surface area contributed by atoms with Gasteiger partial charge in [-0.15, -0.1) is 0 Å². The predicted octanol–water partition coefficient (Wildman–Crippen LogP) is 2.37. The average molecular weight is 242 g/mol. The van der Waals surface area contributed by atoms with Crippen LogP contribution < -0.4 is 0 Å². The topological polar surface area (TPSA) is 27.7 Å². The summed E-state index contributed by atoms with van der Waals surface area (Å²) in [5.74, 6) is 0. The molecule has 0 aromatic rings. The maximum absolute atomic E-state index is 5.96. The molecule has 0 saturated heterocycles. The van der Waals surface area contributed by atoms with Crippen molar-refractivity contribution in [2.24, 2.45) is 0 Å². The van der Waals surface area contributed by atoms with Gasteiger partial charge < -0.3 is 13.9 Å². The highest BCUT2D eigenvalue weighted by atomic mass is 28.4. The molecule has 0 aromatic carbocycles. The van der Waals surface area contributed by atoms with Crippen LogP contribution in [0, 0.1) is 0 Å². The Morgan fingerprint density at radius 2 is 1.62 bits per heavy atom. The molecule has 0 unspecified atom stereocenters. The first-order valence-corrected chi connectivity index (χ1v) is 8.71. The van der Waals surface area contributed by atoms with Crippen LogP contribution in [0.4, 0.5) is 0 Å². The van der Waals surface area contributed by atoms with E-state index in [2.05, 4.69) is 37.4 Å². The Labute approximate surface area is 99.2 Å². The number of allylic oxidation sites excluding steroid dienone is 4. The van der Waals surface area contributed by atoms with E-state index in [4.69, 9.17) is 13.9 Å². The van der Waals surface area contributed by atoms with Crippen molar-refractivity contribution >= 4 is 8.32 Å². The summed E-state index contributed by atoms with van der Waals surface area (Å²) in [5, 5.41) is 0. The monoisotopic (exact) mass is 242 g/mol. The Morgan fingerprint density at radius 3 is 2.25 bits per heavy atom. The molecule has 0 heterocycles. The van der Waals surface area contributed by atoms with Crippen molar-refractivity contribution in [2.75, 3.05) is 33.5 Å². The molecule has 0 atom stereocenters. The highest BCUT2D eigenvalue weighted by Crippen LogP contribution is 2.28. The number of ether oxygens (including phenoxy) is 2. The first kappa shape index (κ1) is 13.6. The fourth-order valence-electron chi connectivity index (χ4n) is 1.60. The second-order valence-corrected chi connectivity index (χ2v) is 8.51. The fraction of sp³-hybridized carbons (Fsp3) is 0.667. The van der Waals surface area contributed by atoms with Crippen molar-refractivity contribution in [3.63, 3.8) is 0 Å². The number of hydrogen-bond acceptors (Lipinski definition) is 3. The number of rotatable bonds is 8. The molecule has 3 nitrogen and oxygen atoms in total. The van der Waals surface area contributed by atoms with Crippen LogP contribution in [-0.4, -0.2) is 41.9 Å². The molecule has 1 rings (SSSR count). The van der Waals surface area contributed by atoms with E-state index >= 15 is 0 Å². The summed E-state index contributed by atoms with van der Waals surface area (Å²) in [7, 11) is 0.0516. The molecule has 0 fully saturated rings. The third kappa shape index (κ3) is 4.61. The van der Waals surface area contributed by atoms with Crippen molar-refractivity contribution in [2.45, 2.75) is 18.6 Å². The van der Waals surface area contributed by atoms with Gasteiger partial charge in [0.15, 0.2) is 8.32 Å². The van der Waals surface area contributed by atoms with E-state index in [9.17, 15) is 0 Å². The lowest BCUT2D eigenvalue weighted by Gasteiger charge is -2.27. The zero-order valence-electron chi connectivity index (χ0n) is 10.4. The molecule has 16 heavy (non-hydrogen) atoms. The van der Waals surface area contributed by atoms with Gasteiger partial charge in [-0.25, -0.2) is 0 Å². The molecule has 0 bridgehead atoms. The van der Waals surface area contributed by atoms with Crippen LogP contribution in [0.25, 0.3) is 0 Å². The Hall–Kier alpha value is -0.423. The van der Waals surface area contributed by atoms with Crippen molar-refractivity contribution < 1.29 is 13.9 Å². The van der Waals surface area contributed by atoms with E-state index in [1.165, 1.54) is 0 Å². The van der Waals surface area contributed by atoms with Crippen LogP contribution in [0.5, 0.6) is 0 Å². The van der Waals surface area contributed by atoms with Gasteiger partial charge in [0.25, 0.3) is 0 Å². The van der Waals surface area contributed by atoms with E-state index in [0.29, 0.717) is 32.0 Å². The molecule has 0 radical (unpaired) electrons. The summed E-state index contributed by atoms with van der Waals surface area (Å²) in [5.41, 5.74) is 0.506. The molecule has 1 aliphatic carbocycles. The maximum atomic E-state index is 5.96. The van der Waals surface area contributed by atoms with Crippen molar-refractivity contribution in [3.8, 4) is 0 Å². The summed E-state index contributed by atoms with van der Waals surface area (Å²) < 4.78 is 16.2. The van der Waals surface area contributed by atoms with Crippen molar-refractivity contribution in [1.29, 1.82) is 0 Å². The smallest absolute Gasteiger partial charge is 0.197 e. The largest absolute Gasteiger partial charge is 0.414 e. The lowest BCUT2D eigenvalue weighted by atomic mass is 10.5. The summed E-state index contributed by atoms with van der Waals surface area (Å²) >= 11 is 0. The van der Waals surface area contributed by atoms with Crippen LogP contribution in [0.2, 0.25) is 18.6 Å². The van der Waals surface area contributed by atoms with Gasteiger partial charge in [0.1, 0.15) is 0 Å². The van der Waals surface area contributed by atoms with E-state index in [1.807, 2.05) is 0 Å². The first-order valence-electron chi connectivity index (χ1n) is 5.72. The number of hydrogen-bond donors (Lipinski definition) is 0. The maximum Gasteiger partial charge on any atom is 0.197 e. The summed E-state index contributed by atoms with van der Waals surface area (Å²) in [4.78, 5) is 0. The zero-order chi connectivity index (χ0) is 11.9. The highest BCUT2D eigenvalue weighted by molar-refractivity contribution is 6.73. The van der Waals surface area contributed by atoms with E-state index in [0.717, 1.165) is 0 Å². The van der Waals surface area contributed by atoms with Gasteiger partial charge in [0.05, 0.1) is 26.4 Å². The van der Waals surface area contributed by atoms with E-state index in [1.54, 1.807) is 7.11 Å². The fourth-order valence-corrected chi connectivity index (χ4v) is 3.55. The molecule has 4 heteroatoms. The van der Waals surface area contributed by atoms with E-state index in [-0.39, 0.29) is 0 Å². The van der Waals surface area contributed by atoms with Gasteiger partial charge in [-0.05, 0) is 13.1 Å². The molecular weight excluding hydrogens is 220 g/mol. The minimum absolute atomic E-state index is 0.506. The van der Waals surface area contributed by atoms with Crippen LogP contribution in [0.3, 0.4) is 0 Å². The predicted molar refractivity (Wildman–Crippen MR) is 68.2 cm³/mol. The normalized spacial score (nSPS) is 16.2. The van der Waals surface area contributed by atoms with E-state index < -0.39 is 8.32 Å². The van der Waals surface area contributed by atoms with Crippen LogP contribution >= 0.6 is 0 Å². The van der Waals surface area contributed by atoms with Gasteiger partial charge in [-0.3, -0.25) is 0 Å². The molecule has 0 aliphatic heterocycles. The molecule has 0 spiro atoms. The minimum atomic E-state index is -1.62. The van der Waals surface area contributed by atoms with Crippen LogP contribution in [-0.2, 0) is 13.9 Å². The lowest BCUT2D eigenvalue weighted by Crippen LogP contribution is -2.35. The third-order valence-corrected chi connectivity index (χ3v) is 5.62. The van der Waals surface area contributed by atoms with Crippen molar-refractivity contribution in [1.82, 2.24) is 0 Å². The molecule has 92 valence electrons. The Morgan fingerprint density at radius 1 is 1.00 bits per heavy atom. The first-order chi connectivity index (χ1) is 7.67. The molecule has 1 aliphatic rings. The second kappa shape index (κ2) is 7.01. The SMILES string of the molecule is COCCOCCO[Si](C)(C)C1C=CC=C1. The Bertz CT molecular complexity index is 237. The highest BCUT2D eigenvalue weighted by Gasteiger charge is 2.30. The number of methoxy groups -OCH3 is 1. The summed E-state index contributed by atoms with van der Waals surface area (Å²) in [6, 6.07) is 0. The summed E-state index contributed by atoms with van der Waals surface area (Å²) in [6.45, 7) is 7.11. The standard InChI is InChI=1S/C12H22O3Si/c1-13-8-9-14-10-11-15-16(2,3)12-6-4-5-7-12/h4-7,12H,8-11H2,1-3H3. The zero-order valence-corrected chi connectivity index (χ0v) is 11.4. The second-order valence-electron chi connectivity index (χ2n) is 4.35. The van der Waals surface area contributed by atoms with Gasteiger partial charge in [-0.2, -0.15) is 0 Å². The molecule has 0 aromatic heterocycles. The van der Waals surface area contributed by atoms with Gasteiger partial charge in [-0.1, -0.05) is 24.3 Å². The van der Waals surface area contributed by atoms with Crippen LogP contribution in [0.1, 0.15) is 0 Å². The van der Waals surface area contributed by atoms with Gasteiger partial charge in [0, 0.05) is 12.7 Å². The Balaban J connectivity index is 2.11. The Kier molecular flexibility index (Phi) is 5.98. The van der Waals surface area contributed by atoms with Gasteiger partial charge in [0.2, 0.25) is 0 Å². The van der Waals surface area contributed by atoms with Crippen LogP contribution in [0.15, 0.2) is 24.3 Å². The molecular formula is C12H22O3Si. The van der Waals surface area contributed by atoms with Crippen molar-refractivity contribution in [3.05, 3.63) is 24.3 Å². The molecule has 0 saturated carbocycles.